The van der Waals surface area contributed by atoms with Crippen LogP contribution in [0.3, 0.4) is 0 Å². The van der Waals surface area contributed by atoms with E-state index < -0.39 is 0 Å². The zero-order valence-electron chi connectivity index (χ0n) is 16.0. The molecular formula is C25H21NO3. The number of dihydropyridines is 1. The Balaban J connectivity index is 1.64. The Kier molecular flexibility index (Phi) is 4.20. The summed E-state index contributed by atoms with van der Waals surface area (Å²) < 4.78 is 5.60. The van der Waals surface area contributed by atoms with Crippen LogP contribution in [0.4, 0.5) is 0 Å². The fourth-order valence-corrected chi connectivity index (χ4v) is 4.58. The molecule has 1 heterocycles. The molecule has 1 atom stereocenters. The van der Waals surface area contributed by atoms with E-state index in [0.29, 0.717) is 24.2 Å². The van der Waals surface area contributed by atoms with Gasteiger partial charge in [-0.3, -0.25) is 9.59 Å². The molecule has 0 aromatic heterocycles. The van der Waals surface area contributed by atoms with Gasteiger partial charge in [-0.25, -0.2) is 0 Å². The Hall–Kier alpha value is -3.40. The van der Waals surface area contributed by atoms with Gasteiger partial charge in [0.2, 0.25) is 0 Å². The molecule has 4 nitrogen and oxygen atoms in total. The Morgan fingerprint density at radius 2 is 1.76 bits per heavy atom. The average Bonchev–Trinajstić information content (AvgIpc) is 3.04. The third-order valence-corrected chi connectivity index (χ3v) is 5.85. The number of fused-ring (bicyclic) bond motifs is 2. The minimum Gasteiger partial charge on any atom is -0.490 e. The summed E-state index contributed by atoms with van der Waals surface area (Å²) in [5.74, 6) is 0.528. The van der Waals surface area contributed by atoms with Crippen molar-refractivity contribution in [3.05, 3.63) is 94.7 Å². The Bertz CT molecular complexity index is 1110. The Labute approximate surface area is 169 Å². The third-order valence-electron chi connectivity index (χ3n) is 5.85. The first-order valence-electron chi connectivity index (χ1n) is 9.94. The van der Waals surface area contributed by atoms with Gasteiger partial charge in [0.05, 0.1) is 5.70 Å². The zero-order chi connectivity index (χ0) is 20.0. The quantitative estimate of drug-likeness (QED) is 0.787. The summed E-state index contributed by atoms with van der Waals surface area (Å²) in [7, 11) is 0. The number of ether oxygens (including phenoxy) is 1. The number of benzene rings is 2. The number of carbonyl (C=O) groups is 2. The summed E-state index contributed by atoms with van der Waals surface area (Å²) in [6.07, 6.45) is 3.89. The molecule has 1 N–H and O–H groups in total. The number of nitrogens with one attached hydrogen (secondary N) is 1. The van der Waals surface area contributed by atoms with Crippen molar-refractivity contribution in [3.63, 3.8) is 0 Å². The van der Waals surface area contributed by atoms with Gasteiger partial charge >= 0.3 is 0 Å². The topological polar surface area (TPSA) is 55.4 Å². The summed E-state index contributed by atoms with van der Waals surface area (Å²) >= 11 is 0. The smallest absolute Gasteiger partial charge is 0.192 e. The summed E-state index contributed by atoms with van der Waals surface area (Å²) in [5.41, 5.74) is 5.81. The van der Waals surface area contributed by atoms with Crippen LogP contribution >= 0.6 is 0 Å². The van der Waals surface area contributed by atoms with E-state index >= 15 is 0 Å². The van der Waals surface area contributed by atoms with E-state index in [9.17, 15) is 9.59 Å². The molecule has 0 spiro atoms. The van der Waals surface area contributed by atoms with Crippen LogP contribution in [0.25, 0.3) is 5.70 Å². The molecule has 2 aromatic carbocycles. The fourth-order valence-electron chi connectivity index (χ4n) is 4.58. The number of hydrogen-bond acceptors (Lipinski definition) is 4. The van der Waals surface area contributed by atoms with Crippen molar-refractivity contribution in [1.29, 1.82) is 0 Å². The summed E-state index contributed by atoms with van der Waals surface area (Å²) in [4.78, 5) is 26.3. The van der Waals surface area contributed by atoms with Crippen molar-refractivity contribution in [2.24, 2.45) is 0 Å². The van der Waals surface area contributed by atoms with Crippen LogP contribution in [0, 0.1) is 0 Å². The van der Waals surface area contributed by atoms with Crippen molar-refractivity contribution in [3.8, 4) is 5.75 Å². The molecule has 0 saturated carbocycles. The zero-order valence-corrected chi connectivity index (χ0v) is 16.0. The van der Waals surface area contributed by atoms with Gasteiger partial charge < -0.3 is 10.1 Å². The van der Waals surface area contributed by atoms with Gasteiger partial charge in [-0.1, -0.05) is 49.1 Å². The van der Waals surface area contributed by atoms with E-state index in [-0.39, 0.29) is 17.5 Å². The summed E-state index contributed by atoms with van der Waals surface area (Å²) in [6.45, 7) is 4.10. The Morgan fingerprint density at radius 3 is 2.52 bits per heavy atom. The van der Waals surface area contributed by atoms with Crippen molar-refractivity contribution in [2.75, 3.05) is 6.61 Å². The second-order valence-electron chi connectivity index (χ2n) is 7.56. The van der Waals surface area contributed by atoms with E-state index in [2.05, 4.69) is 11.9 Å². The molecule has 3 aliphatic rings. The van der Waals surface area contributed by atoms with Crippen LogP contribution < -0.4 is 10.1 Å². The molecule has 144 valence electrons. The third kappa shape index (κ3) is 2.75. The highest BCUT2D eigenvalue weighted by Gasteiger charge is 2.43. The molecule has 5 rings (SSSR count). The molecule has 0 radical (unpaired) electrons. The average molecular weight is 383 g/mol. The Morgan fingerprint density at radius 1 is 1.00 bits per heavy atom. The van der Waals surface area contributed by atoms with Crippen LogP contribution in [0.15, 0.2) is 78.0 Å². The van der Waals surface area contributed by atoms with Gasteiger partial charge in [-0.15, -0.1) is 0 Å². The maximum absolute atomic E-state index is 13.3. The predicted molar refractivity (Wildman–Crippen MR) is 112 cm³/mol. The van der Waals surface area contributed by atoms with E-state index in [1.807, 2.05) is 48.5 Å². The fraction of sp³-hybridized carbons (Fsp3) is 0.200. The molecule has 1 unspecified atom stereocenters. The van der Waals surface area contributed by atoms with Gasteiger partial charge in [0.25, 0.3) is 0 Å². The number of ketones is 2. The van der Waals surface area contributed by atoms with E-state index in [1.54, 1.807) is 6.08 Å². The minimum atomic E-state index is -0.345. The first-order valence-corrected chi connectivity index (χ1v) is 9.94. The van der Waals surface area contributed by atoms with Crippen LogP contribution in [-0.2, 0) is 4.79 Å². The molecule has 1 aliphatic heterocycles. The normalized spacial score (nSPS) is 20.1. The predicted octanol–water partition coefficient (Wildman–Crippen LogP) is 4.55. The maximum atomic E-state index is 13.3. The molecule has 2 aromatic rings. The highest BCUT2D eigenvalue weighted by Crippen LogP contribution is 2.48. The lowest BCUT2D eigenvalue weighted by Crippen LogP contribution is -2.31. The molecular weight excluding hydrogens is 362 g/mol. The van der Waals surface area contributed by atoms with Crippen molar-refractivity contribution in [2.45, 2.75) is 25.2 Å². The molecule has 0 bridgehead atoms. The minimum absolute atomic E-state index is 0.00464. The largest absolute Gasteiger partial charge is 0.490 e. The lowest BCUT2D eigenvalue weighted by molar-refractivity contribution is -0.116. The van der Waals surface area contributed by atoms with Crippen LogP contribution in [0.2, 0.25) is 0 Å². The first-order chi connectivity index (χ1) is 14.2. The monoisotopic (exact) mass is 383 g/mol. The van der Waals surface area contributed by atoms with Gasteiger partial charge in [0.15, 0.2) is 11.6 Å². The van der Waals surface area contributed by atoms with Gasteiger partial charge in [-0.05, 0) is 30.5 Å². The van der Waals surface area contributed by atoms with Crippen LogP contribution in [0.5, 0.6) is 5.75 Å². The summed E-state index contributed by atoms with van der Waals surface area (Å²) in [5, 5.41) is 3.46. The highest BCUT2D eigenvalue weighted by molar-refractivity contribution is 6.23. The van der Waals surface area contributed by atoms with Crippen molar-refractivity contribution in [1.82, 2.24) is 5.32 Å². The maximum Gasteiger partial charge on any atom is 0.192 e. The van der Waals surface area contributed by atoms with E-state index in [4.69, 9.17) is 4.74 Å². The summed E-state index contributed by atoms with van der Waals surface area (Å²) in [6, 6.07) is 15.4. The van der Waals surface area contributed by atoms with Gasteiger partial charge in [0.1, 0.15) is 12.4 Å². The number of carbonyl (C=O) groups excluding carboxylic acids is 2. The second-order valence-corrected chi connectivity index (χ2v) is 7.56. The lowest BCUT2D eigenvalue weighted by Gasteiger charge is -2.33. The second kappa shape index (κ2) is 6.89. The first kappa shape index (κ1) is 17.7. The van der Waals surface area contributed by atoms with Crippen molar-refractivity contribution >= 4 is 17.3 Å². The van der Waals surface area contributed by atoms with Gasteiger partial charge in [-0.2, -0.15) is 0 Å². The van der Waals surface area contributed by atoms with E-state index in [1.165, 1.54) is 0 Å². The van der Waals surface area contributed by atoms with Crippen LogP contribution in [0.1, 0.15) is 46.7 Å². The highest BCUT2D eigenvalue weighted by atomic mass is 16.5. The number of hydrogen-bond donors (Lipinski definition) is 1. The number of allylic oxidation sites excluding steroid dienone is 3. The molecule has 0 amide bonds. The lowest BCUT2D eigenvalue weighted by atomic mass is 9.75. The molecule has 0 saturated heterocycles. The molecule has 2 aliphatic carbocycles. The standard InChI is InChI=1S/C25H21NO3/c1-2-14-29-16-12-10-15(11-13-16)21-22-19(8-5-9-20(22)27)26-24-17-6-3-4-7-18(17)25(28)23(21)24/h2-4,6-7,10-13,21,26H,1,5,8-9,14H2. The molecule has 4 heteroatoms. The van der Waals surface area contributed by atoms with Crippen LogP contribution in [-0.4, -0.2) is 18.2 Å². The molecule has 0 fully saturated rings. The number of Topliss-reactive ketones (excluding diaryl/α,β-unsaturated/α-hetero) is 2. The number of rotatable bonds is 4. The van der Waals surface area contributed by atoms with E-state index in [0.717, 1.165) is 46.7 Å². The van der Waals surface area contributed by atoms with Gasteiger partial charge in [0, 0.05) is 40.3 Å². The van der Waals surface area contributed by atoms with Crippen molar-refractivity contribution < 1.29 is 14.3 Å². The SMILES string of the molecule is C=CCOc1ccc(C2C3=C(CCCC3=O)NC3=C2C(=O)c2ccccc23)cc1. The molecule has 29 heavy (non-hydrogen) atoms.